The Bertz CT molecular complexity index is 684. The number of nitrogens with zero attached hydrogens (tertiary/aromatic N) is 3. The van der Waals surface area contributed by atoms with Crippen LogP contribution in [0.5, 0.6) is 5.75 Å². The fourth-order valence-electron chi connectivity index (χ4n) is 2.94. The molecule has 2 heterocycles. The third-order valence-corrected chi connectivity index (χ3v) is 4.41. The Hall–Kier alpha value is -2.41. The topological polar surface area (TPSA) is 78.3 Å². The SMILES string of the molecule is COc1ccc(C[C@H]2CCn3nncc3COCCCNC2=O)cc1. The number of hydrogen-bond donors (Lipinski definition) is 1. The fraction of sp³-hybridized carbons (Fsp3) is 0.500. The summed E-state index contributed by atoms with van der Waals surface area (Å²) in [5.41, 5.74) is 2.07. The quantitative estimate of drug-likeness (QED) is 0.914. The van der Waals surface area contributed by atoms with E-state index < -0.39 is 0 Å². The van der Waals surface area contributed by atoms with Crippen molar-refractivity contribution in [1.29, 1.82) is 0 Å². The Morgan fingerprint density at radius 2 is 2.20 bits per heavy atom. The van der Waals surface area contributed by atoms with Crippen molar-refractivity contribution in [1.82, 2.24) is 20.3 Å². The van der Waals surface area contributed by atoms with E-state index in [-0.39, 0.29) is 11.8 Å². The smallest absolute Gasteiger partial charge is 0.223 e. The van der Waals surface area contributed by atoms with Crippen LogP contribution in [0.4, 0.5) is 0 Å². The van der Waals surface area contributed by atoms with Crippen molar-refractivity contribution in [2.75, 3.05) is 20.3 Å². The number of ether oxygens (including phenoxy) is 2. The molecule has 1 atom stereocenters. The van der Waals surface area contributed by atoms with E-state index in [1.165, 1.54) is 0 Å². The Morgan fingerprint density at radius 3 is 3.00 bits per heavy atom. The normalized spacial score (nSPS) is 19.2. The van der Waals surface area contributed by atoms with Gasteiger partial charge >= 0.3 is 0 Å². The van der Waals surface area contributed by atoms with E-state index in [4.69, 9.17) is 9.47 Å². The maximum absolute atomic E-state index is 12.6. The number of aromatic nitrogens is 3. The molecule has 0 aliphatic carbocycles. The second-order valence-electron chi connectivity index (χ2n) is 6.18. The highest BCUT2D eigenvalue weighted by molar-refractivity contribution is 5.78. The molecular formula is C18H24N4O3. The zero-order valence-electron chi connectivity index (χ0n) is 14.5. The molecule has 0 saturated heterocycles. The molecule has 0 fully saturated rings. The van der Waals surface area contributed by atoms with Gasteiger partial charge < -0.3 is 14.8 Å². The van der Waals surface area contributed by atoms with Crippen molar-refractivity contribution in [3.63, 3.8) is 0 Å². The number of carbonyl (C=O) groups is 1. The Balaban J connectivity index is 1.72. The zero-order chi connectivity index (χ0) is 17.5. The molecule has 7 heteroatoms. The van der Waals surface area contributed by atoms with Crippen molar-refractivity contribution in [2.45, 2.75) is 32.4 Å². The van der Waals surface area contributed by atoms with Crippen LogP contribution in [0, 0.1) is 5.92 Å². The van der Waals surface area contributed by atoms with Gasteiger partial charge in [-0.15, -0.1) is 5.10 Å². The summed E-state index contributed by atoms with van der Waals surface area (Å²) in [6.45, 7) is 2.39. The molecule has 0 radical (unpaired) electrons. The van der Waals surface area contributed by atoms with E-state index in [0.717, 1.165) is 23.4 Å². The first kappa shape index (κ1) is 17.4. The molecule has 1 aliphatic rings. The number of methoxy groups -OCH3 is 1. The summed E-state index contributed by atoms with van der Waals surface area (Å²) in [4.78, 5) is 12.6. The van der Waals surface area contributed by atoms with E-state index in [0.29, 0.717) is 39.1 Å². The Kier molecular flexibility index (Phi) is 6.00. The lowest BCUT2D eigenvalue weighted by atomic mass is 9.95. The van der Waals surface area contributed by atoms with Gasteiger partial charge in [0.1, 0.15) is 5.75 Å². The predicted octanol–water partition coefficient (Wildman–Crippen LogP) is 1.57. The predicted molar refractivity (Wildman–Crippen MR) is 92.1 cm³/mol. The van der Waals surface area contributed by atoms with Crippen LogP contribution in [0.2, 0.25) is 0 Å². The number of benzene rings is 1. The highest BCUT2D eigenvalue weighted by atomic mass is 16.5. The first-order valence-electron chi connectivity index (χ1n) is 8.62. The van der Waals surface area contributed by atoms with Crippen LogP contribution in [0.1, 0.15) is 24.1 Å². The molecule has 2 aromatic rings. The second-order valence-corrected chi connectivity index (χ2v) is 6.18. The van der Waals surface area contributed by atoms with Gasteiger partial charge in [-0.05, 0) is 37.0 Å². The lowest BCUT2D eigenvalue weighted by molar-refractivity contribution is -0.125. The monoisotopic (exact) mass is 344 g/mol. The fourth-order valence-corrected chi connectivity index (χ4v) is 2.94. The standard InChI is InChI=1S/C18H24N4O3/c1-24-17-5-3-14(4-6-17)11-15-7-9-22-16(12-20-21-22)13-25-10-2-8-19-18(15)23/h3-6,12,15H,2,7-11,13H2,1H3,(H,19,23)/t15-/m1/s1. The lowest BCUT2D eigenvalue weighted by Gasteiger charge is -2.19. The summed E-state index contributed by atoms with van der Waals surface area (Å²) >= 11 is 0. The van der Waals surface area contributed by atoms with Crippen molar-refractivity contribution >= 4 is 5.91 Å². The Labute approximate surface area is 147 Å². The summed E-state index contributed by atoms with van der Waals surface area (Å²) in [5.74, 6) is 0.794. The molecule has 0 saturated carbocycles. The van der Waals surface area contributed by atoms with Crippen molar-refractivity contribution in [3.05, 3.63) is 41.7 Å². The molecule has 7 nitrogen and oxygen atoms in total. The molecule has 0 bridgehead atoms. The zero-order valence-corrected chi connectivity index (χ0v) is 14.5. The van der Waals surface area contributed by atoms with Gasteiger partial charge in [0.2, 0.25) is 5.91 Å². The lowest BCUT2D eigenvalue weighted by Crippen LogP contribution is -2.34. The van der Waals surface area contributed by atoms with Crippen molar-refractivity contribution < 1.29 is 14.3 Å². The average Bonchev–Trinajstić information content (AvgIpc) is 3.08. The molecule has 0 unspecified atom stereocenters. The minimum atomic E-state index is -0.106. The highest BCUT2D eigenvalue weighted by Gasteiger charge is 2.20. The molecule has 1 aromatic heterocycles. The number of nitrogens with one attached hydrogen (secondary N) is 1. The summed E-state index contributed by atoms with van der Waals surface area (Å²) in [5, 5.41) is 11.1. The van der Waals surface area contributed by atoms with Gasteiger partial charge in [-0.25, -0.2) is 4.68 Å². The maximum Gasteiger partial charge on any atom is 0.223 e. The summed E-state index contributed by atoms with van der Waals surface area (Å²) in [7, 11) is 1.65. The Morgan fingerprint density at radius 1 is 1.36 bits per heavy atom. The maximum atomic E-state index is 12.6. The molecular weight excluding hydrogens is 320 g/mol. The molecule has 1 aromatic carbocycles. The molecule has 0 spiro atoms. The minimum Gasteiger partial charge on any atom is -0.497 e. The van der Waals surface area contributed by atoms with Gasteiger partial charge in [0, 0.05) is 25.6 Å². The second kappa shape index (κ2) is 8.62. The van der Waals surface area contributed by atoms with Gasteiger partial charge in [-0.3, -0.25) is 4.79 Å². The van der Waals surface area contributed by atoms with Gasteiger partial charge in [0.15, 0.2) is 0 Å². The number of hydrogen-bond acceptors (Lipinski definition) is 5. The number of rotatable bonds is 3. The molecule has 25 heavy (non-hydrogen) atoms. The van der Waals surface area contributed by atoms with Gasteiger partial charge in [0.05, 0.1) is 25.6 Å². The van der Waals surface area contributed by atoms with E-state index in [1.54, 1.807) is 13.3 Å². The van der Waals surface area contributed by atoms with Crippen molar-refractivity contribution in [3.8, 4) is 5.75 Å². The number of amides is 1. The molecule has 1 aliphatic heterocycles. The first-order chi connectivity index (χ1) is 12.3. The molecule has 3 rings (SSSR count). The number of aryl methyl sites for hydroxylation is 1. The molecule has 1 amide bonds. The average molecular weight is 344 g/mol. The molecule has 134 valence electrons. The number of fused-ring (bicyclic) bond motifs is 1. The van der Waals surface area contributed by atoms with Crippen molar-refractivity contribution in [2.24, 2.45) is 5.92 Å². The van der Waals surface area contributed by atoms with Crippen LogP contribution in [0.3, 0.4) is 0 Å². The summed E-state index contributed by atoms with van der Waals surface area (Å²) in [6, 6.07) is 7.87. The number of carbonyl (C=O) groups excluding carboxylic acids is 1. The first-order valence-corrected chi connectivity index (χ1v) is 8.62. The van der Waals surface area contributed by atoms with Crippen LogP contribution in [0.15, 0.2) is 30.5 Å². The third kappa shape index (κ3) is 4.79. The van der Waals surface area contributed by atoms with E-state index in [1.807, 2.05) is 28.9 Å². The van der Waals surface area contributed by atoms with Gasteiger partial charge in [-0.2, -0.15) is 0 Å². The van der Waals surface area contributed by atoms with Gasteiger partial charge in [-0.1, -0.05) is 17.3 Å². The molecule has 1 N–H and O–H groups in total. The summed E-state index contributed by atoms with van der Waals surface area (Å²) < 4.78 is 12.6. The van der Waals surface area contributed by atoms with Gasteiger partial charge in [0.25, 0.3) is 0 Å². The van der Waals surface area contributed by atoms with E-state index >= 15 is 0 Å². The summed E-state index contributed by atoms with van der Waals surface area (Å²) in [6.07, 6.45) is 3.91. The third-order valence-electron chi connectivity index (χ3n) is 4.41. The highest BCUT2D eigenvalue weighted by Crippen LogP contribution is 2.18. The minimum absolute atomic E-state index is 0.0815. The van der Waals surface area contributed by atoms with Crippen LogP contribution >= 0.6 is 0 Å². The van der Waals surface area contributed by atoms with Crippen LogP contribution in [-0.4, -0.2) is 41.2 Å². The van der Waals surface area contributed by atoms with E-state index in [9.17, 15) is 4.79 Å². The van der Waals surface area contributed by atoms with Crippen LogP contribution in [0.25, 0.3) is 0 Å². The van der Waals surface area contributed by atoms with Crippen LogP contribution in [-0.2, 0) is 29.1 Å². The largest absolute Gasteiger partial charge is 0.497 e. The van der Waals surface area contributed by atoms with Crippen LogP contribution < -0.4 is 10.1 Å². The van der Waals surface area contributed by atoms with E-state index in [2.05, 4.69) is 15.6 Å².